The van der Waals surface area contributed by atoms with E-state index in [2.05, 4.69) is 50.4 Å². The van der Waals surface area contributed by atoms with Gasteiger partial charge in [0.15, 0.2) is 0 Å². The molecule has 0 spiro atoms. The molecule has 0 aliphatic carbocycles. The molecular weight excluding hydrogens is 254 g/mol. The maximum atomic E-state index is 5.43. The molecule has 0 bridgehead atoms. The summed E-state index contributed by atoms with van der Waals surface area (Å²) >= 11 is 1.86. The lowest BCUT2D eigenvalue weighted by Gasteiger charge is -2.18. The van der Waals surface area contributed by atoms with Gasteiger partial charge in [-0.05, 0) is 56.6 Å². The Morgan fingerprint density at radius 3 is 2.37 bits per heavy atom. The summed E-state index contributed by atoms with van der Waals surface area (Å²) in [6.07, 6.45) is 0. The van der Waals surface area contributed by atoms with Crippen molar-refractivity contribution in [1.82, 2.24) is 5.32 Å². The molecule has 1 heterocycles. The van der Waals surface area contributed by atoms with Crippen LogP contribution in [0, 0.1) is 20.8 Å². The third kappa shape index (κ3) is 2.82. The van der Waals surface area contributed by atoms with Gasteiger partial charge in [0, 0.05) is 9.75 Å². The van der Waals surface area contributed by atoms with Gasteiger partial charge in [-0.1, -0.05) is 12.1 Å². The van der Waals surface area contributed by atoms with Crippen LogP contribution in [0.1, 0.15) is 32.5 Å². The van der Waals surface area contributed by atoms with Gasteiger partial charge in [0.1, 0.15) is 5.75 Å². The summed E-state index contributed by atoms with van der Waals surface area (Å²) in [4.78, 5) is 2.73. The molecule has 19 heavy (non-hydrogen) atoms. The highest BCUT2D eigenvalue weighted by Gasteiger charge is 2.17. The lowest BCUT2D eigenvalue weighted by atomic mass is 10.0. The molecule has 0 aliphatic heterocycles. The molecule has 0 radical (unpaired) electrons. The van der Waals surface area contributed by atoms with E-state index >= 15 is 0 Å². The molecule has 1 atom stereocenters. The molecule has 1 unspecified atom stereocenters. The Hall–Kier alpha value is -1.32. The number of hydrogen-bond acceptors (Lipinski definition) is 3. The third-order valence-electron chi connectivity index (χ3n) is 3.40. The number of nitrogens with one attached hydrogen (secondary N) is 1. The van der Waals surface area contributed by atoms with Crippen LogP contribution < -0.4 is 10.1 Å². The Kier molecular flexibility index (Phi) is 4.27. The van der Waals surface area contributed by atoms with Crippen LogP contribution >= 0.6 is 11.3 Å². The molecule has 1 aromatic heterocycles. The molecule has 0 aliphatic rings. The van der Waals surface area contributed by atoms with Crippen molar-refractivity contribution in [1.29, 1.82) is 0 Å². The Balaban J connectivity index is 2.45. The van der Waals surface area contributed by atoms with Gasteiger partial charge >= 0.3 is 0 Å². The Labute approximate surface area is 119 Å². The fourth-order valence-electron chi connectivity index (χ4n) is 2.41. The zero-order valence-electron chi connectivity index (χ0n) is 12.2. The van der Waals surface area contributed by atoms with Crippen LogP contribution in [0.25, 0.3) is 0 Å². The highest BCUT2D eigenvalue weighted by molar-refractivity contribution is 7.12. The summed E-state index contributed by atoms with van der Waals surface area (Å²) in [6.45, 7) is 6.40. The van der Waals surface area contributed by atoms with Gasteiger partial charge in [-0.25, -0.2) is 0 Å². The predicted octanol–water partition coefficient (Wildman–Crippen LogP) is 3.99. The third-order valence-corrected chi connectivity index (χ3v) is 4.61. The molecular formula is C16H21NOS. The second-order valence-corrected chi connectivity index (χ2v) is 6.14. The van der Waals surface area contributed by atoms with E-state index in [0.29, 0.717) is 0 Å². The normalized spacial score (nSPS) is 12.5. The van der Waals surface area contributed by atoms with E-state index in [1.165, 1.54) is 26.4 Å². The van der Waals surface area contributed by atoms with Crippen LogP contribution in [0.3, 0.4) is 0 Å². The lowest BCUT2D eigenvalue weighted by molar-refractivity contribution is 0.410. The number of benzene rings is 1. The summed E-state index contributed by atoms with van der Waals surface area (Å²) in [5, 5.41) is 3.41. The fraction of sp³-hybridized carbons (Fsp3) is 0.375. The molecule has 2 rings (SSSR count). The fourth-order valence-corrected chi connectivity index (χ4v) is 3.59. The van der Waals surface area contributed by atoms with Crippen molar-refractivity contribution >= 4 is 11.3 Å². The van der Waals surface area contributed by atoms with Gasteiger partial charge in [-0.3, -0.25) is 0 Å². The van der Waals surface area contributed by atoms with E-state index in [1.54, 1.807) is 7.11 Å². The number of aryl methyl sites for hydroxylation is 3. The monoisotopic (exact) mass is 275 g/mol. The van der Waals surface area contributed by atoms with Gasteiger partial charge in [0.2, 0.25) is 0 Å². The van der Waals surface area contributed by atoms with E-state index in [4.69, 9.17) is 4.74 Å². The summed E-state index contributed by atoms with van der Waals surface area (Å²) in [6, 6.07) is 8.90. The smallest absolute Gasteiger partial charge is 0.122 e. The number of thiophene rings is 1. The molecule has 1 aromatic carbocycles. The topological polar surface area (TPSA) is 21.3 Å². The number of ether oxygens (including phenoxy) is 1. The zero-order chi connectivity index (χ0) is 14.0. The summed E-state index contributed by atoms with van der Waals surface area (Å²) in [5.74, 6) is 0.948. The van der Waals surface area contributed by atoms with Crippen LogP contribution in [0.4, 0.5) is 0 Å². The summed E-state index contributed by atoms with van der Waals surface area (Å²) in [7, 11) is 3.73. The summed E-state index contributed by atoms with van der Waals surface area (Å²) < 4.78 is 5.43. The molecule has 0 saturated carbocycles. The number of methoxy groups -OCH3 is 1. The van der Waals surface area contributed by atoms with Crippen molar-refractivity contribution in [3.63, 3.8) is 0 Å². The minimum Gasteiger partial charge on any atom is -0.496 e. The van der Waals surface area contributed by atoms with Gasteiger partial charge < -0.3 is 10.1 Å². The highest BCUT2D eigenvalue weighted by atomic mass is 32.1. The van der Waals surface area contributed by atoms with Crippen LogP contribution in [-0.4, -0.2) is 14.2 Å². The molecule has 2 nitrogen and oxygen atoms in total. The van der Waals surface area contributed by atoms with Crippen molar-refractivity contribution in [2.24, 2.45) is 0 Å². The molecule has 102 valence electrons. The first-order chi connectivity index (χ1) is 9.06. The van der Waals surface area contributed by atoms with Crippen molar-refractivity contribution in [2.45, 2.75) is 26.8 Å². The van der Waals surface area contributed by atoms with Crippen molar-refractivity contribution in [3.8, 4) is 5.75 Å². The lowest BCUT2D eigenvalue weighted by Crippen LogP contribution is -2.17. The highest BCUT2D eigenvalue weighted by Crippen LogP contribution is 2.33. The van der Waals surface area contributed by atoms with Crippen LogP contribution in [-0.2, 0) is 0 Å². The largest absolute Gasteiger partial charge is 0.496 e. The van der Waals surface area contributed by atoms with E-state index in [-0.39, 0.29) is 6.04 Å². The Bertz CT molecular complexity index is 574. The quantitative estimate of drug-likeness (QED) is 0.911. The molecule has 0 fully saturated rings. The maximum absolute atomic E-state index is 5.43. The Morgan fingerprint density at radius 2 is 1.84 bits per heavy atom. The van der Waals surface area contributed by atoms with Gasteiger partial charge in [-0.2, -0.15) is 0 Å². The minimum absolute atomic E-state index is 0.230. The van der Waals surface area contributed by atoms with E-state index < -0.39 is 0 Å². The first-order valence-corrected chi connectivity index (χ1v) is 7.27. The van der Waals surface area contributed by atoms with E-state index in [0.717, 1.165) is 5.75 Å². The standard InChI is InChI=1S/C16H21NOS/c1-10-6-7-13(9-14(10)18-5)15(17-4)16-11(2)8-12(3)19-16/h6-9,15,17H,1-5H3. The SMILES string of the molecule is CNC(c1ccc(C)c(OC)c1)c1sc(C)cc1C. The maximum Gasteiger partial charge on any atom is 0.122 e. The van der Waals surface area contributed by atoms with Gasteiger partial charge in [0.05, 0.1) is 13.2 Å². The van der Waals surface area contributed by atoms with Crippen molar-refractivity contribution in [3.05, 3.63) is 50.7 Å². The van der Waals surface area contributed by atoms with Gasteiger partial charge in [0.25, 0.3) is 0 Å². The second-order valence-electron chi connectivity index (χ2n) is 4.86. The predicted molar refractivity (Wildman–Crippen MR) is 82.4 cm³/mol. The number of rotatable bonds is 4. The van der Waals surface area contributed by atoms with Crippen LogP contribution in [0.5, 0.6) is 5.75 Å². The minimum atomic E-state index is 0.230. The van der Waals surface area contributed by atoms with E-state index in [1.807, 2.05) is 18.4 Å². The molecule has 0 saturated heterocycles. The first kappa shape index (κ1) is 14.1. The zero-order valence-corrected chi connectivity index (χ0v) is 13.0. The van der Waals surface area contributed by atoms with E-state index in [9.17, 15) is 0 Å². The average Bonchev–Trinajstić information content (AvgIpc) is 2.71. The first-order valence-electron chi connectivity index (χ1n) is 6.45. The summed E-state index contributed by atoms with van der Waals surface area (Å²) in [5.41, 5.74) is 3.76. The van der Waals surface area contributed by atoms with Crippen LogP contribution in [0.15, 0.2) is 24.3 Å². The molecule has 3 heteroatoms. The molecule has 1 N–H and O–H groups in total. The van der Waals surface area contributed by atoms with Gasteiger partial charge in [-0.15, -0.1) is 11.3 Å². The van der Waals surface area contributed by atoms with Crippen molar-refractivity contribution < 1.29 is 4.74 Å². The van der Waals surface area contributed by atoms with Crippen LogP contribution in [0.2, 0.25) is 0 Å². The number of hydrogen-bond donors (Lipinski definition) is 1. The Morgan fingerprint density at radius 1 is 1.11 bits per heavy atom. The second kappa shape index (κ2) is 5.76. The van der Waals surface area contributed by atoms with Crippen molar-refractivity contribution in [2.75, 3.05) is 14.2 Å². The average molecular weight is 275 g/mol. The molecule has 0 amide bonds. The molecule has 2 aromatic rings.